The van der Waals surface area contributed by atoms with Crippen molar-refractivity contribution in [1.29, 1.82) is 0 Å². The molecule has 0 radical (unpaired) electrons. The van der Waals surface area contributed by atoms with Crippen LogP contribution >= 0.6 is 0 Å². The van der Waals surface area contributed by atoms with E-state index in [0.29, 0.717) is 0 Å². The second-order valence-electron chi connectivity index (χ2n) is 8.73. The monoisotopic (exact) mass is 386 g/mol. The maximum atomic E-state index is 5.52. The SMILES string of the molecule is C[C@@H](C1CCN(CCN2CCN(c3ccccc3)CC2)CC1)N1CCOCC1. The highest BCUT2D eigenvalue weighted by molar-refractivity contribution is 5.46. The molecule has 1 atom stereocenters. The minimum Gasteiger partial charge on any atom is -0.379 e. The quantitative estimate of drug-likeness (QED) is 0.746. The third kappa shape index (κ3) is 5.26. The Morgan fingerprint density at radius 3 is 2.07 bits per heavy atom. The van der Waals surface area contributed by atoms with E-state index in [1.165, 1.54) is 57.8 Å². The lowest BCUT2D eigenvalue weighted by molar-refractivity contribution is -0.00190. The zero-order valence-electron chi connectivity index (χ0n) is 17.6. The van der Waals surface area contributed by atoms with Gasteiger partial charge in [-0.3, -0.25) is 9.80 Å². The Bertz CT molecular complexity index is 561. The van der Waals surface area contributed by atoms with Crippen molar-refractivity contribution in [2.75, 3.05) is 83.6 Å². The summed E-state index contributed by atoms with van der Waals surface area (Å²) in [5, 5.41) is 0. The van der Waals surface area contributed by atoms with Gasteiger partial charge in [-0.15, -0.1) is 0 Å². The topological polar surface area (TPSA) is 22.2 Å². The molecule has 0 aliphatic carbocycles. The van der Waals surface area contributed by atoms with Crippen LogP contribution in [0.25, 0.3) is 0 Å². The fraction of sp³-hybridized carbons (Fsp3) is 0.739. The van der Waals surface area contributed by atoms with Crippen LogP contribution in [0.2, 0.25) is 0 Å². The summed E-state index contributed by atoms with van der Waals surface area (Å²) in [4.78, 5) is 10.5. The number of likely N-dealkylation sites (tertiary alicyclic amines) is 1. The Labute approximate surface area is 171 Å². The van der Waals surface area contributed by atoms with Gasteiger partial charge < -0.3 is 14.5 Å². The molecule has 0 aromatic heterocycles. The van der Waals surface area contributed by atoms with Crippen molar-refractivity contribution in [3.8, 4) is 0 Å². The Morgan fingerprint density at radius 1 is 0.821 bits per heavy atom. The molecule has 0 unspecified atom stereocenters. The van der Waals surface area contributed by atoms with Crippen molar-refractivity contribution in [1.82, 2.24) is 14.7 Å². The number of rotatable bonds is 6. The summed E-state index contributed by atoms with van der Waals surface area (Å²) in [5.74, 6) is 0.865. The molecule has 3 aliphatic heterocycles. The van der Waals surface area contributed by atoms with Gasteiger partial charge >= 0.3 is 0 Å². The van der Waals surface area contributed by atoms with E-state index in [4.69, 9.17) is 4.74 Å². The molecule has 0 bridgehead atoms. The normalized spacial score (nSPS) is 25.1. The molecule has 156 valence electrons. The van der Waals surface area contributed by atoms with E-state index in [1.54, 1.807) is 0 Å². The third-order valence-electron chi connectivity index (χ3n) is 7.16. The highest BCUT2D eigenvalue weighted by atomic mass is 16.5. The zero-order valence-corrected chi connectivity index (χ0v) is 17.6. The number of para-hydroxylation sites is 1. The smallest absolute Gasteiger partial charge is 0.0594 e. The van der Waals surface area contributed by atoms with Gasteiger partial charge in [0.2, 0.25) is 0 Å². The summed E-state index contributed by atoms with van der Waals surface area (Å²) in [5.41, 5.74) is 1.37. The fourth-order valence-corrected chi connectivity index (χ4v) is 5.09. The highest BCUT2D eigenvalue weighted by Crippen LogP contribution is 2.24. The zero-order chi connectivity index (χ0) is 19.2. The Hall–Kier alpha value is -1.14. The predicted molar refractivity (Wildman–Crippen MR) is 116 cm³/mol. The first-order valence-corrected chi connectivity index (χ1v) is 11.4. The summed E-state index contributed by atoms with van der Waals surface area (Å²) in [6, 6.07) is 11.6. The average molecular weight is 387 g/mol. The number of benzene rings is 1. The number of anilines is 1. The van der Waals surface area contributed by atoms with Crippen LogP contribution in [0.4, 0.5) is 5.69 Å². The van der Waals surface area contributed by atoms with Crippen molar-refractivity contribution >= 4 is 5.69 Å². The number of hydrogen-bond acceptors (Lipinski definition) is 5. The van der Waals surface area contributed by atoms with Crippen LogP contribution in [0.5, 0.6) is 0 Å². The molecule has 0 spiro atoms. The number of piperidine rings is 1. The van der Waals surface area contributed by atoms with E-state index in [-0.39, 0.29) is 0 Å². The molecule has 1 aromatic carbocycles. The van der Waals surface area contributed by atoms with Crippen LogP contribution in [0.1, 0.15) is 19.8 Å². The van der Waals surface area contributed by atoms with E-state index in [1.807, 2.05) is 0 Å². The summed E-state index contributed by atoms with van der Waals surface area (Å²) >= 11 is 0. The van der Waals surface area contributed by atoms with Gasteiger partial charge in [0, 0.05) is 64.1 Å². The Kier molecular flexibility index (Phi) is 7.24. The van der Waals surface area contributed by atoms with E-state index in [2.05, 4.69) is 56.9 Å². The third-order valence-corrected chi connectivity index (χ3v) is 7.16. The van der Waals surface area contributed by atoms with Crippen LogP contribution < -0.4 is 4.90 Å². The van der Waals surface area contributed by atoms with E-state index in [9.17, 15) is 0 Å². The molecule has 4 rings (SSSR count). The molecular weight excluding hydrogens is 348 g/mol. The van der Waals surface area contributed by atoms with E-state index < -0.39 is 0 Å². The second kappa shape index (κ2) is 10.1. The first kappa shape index (κ1) is 20.1. The number of morpholine rings is 1. The van der Waals surface area contributed by atoms with Crippen molar-refractivity contribution in [3.05, 3.63) is 30.3 Å². The van der Waals surface area contributed by atoms with Gasteiger partial charge in [-0.2, -0.15) is 0 Å². The Morgan fingerprint density at radius 2 is 1.43 bits per heavy atom. The first-order valence-electron chi connectivity index (χ1n) is 11.4. The molecular formula is C23H38N4O. The van der Waals surface area contributed by atoms with Crippen LogP contribution in [0, 0.1) is 5.92 Å². The van der Waals surface area contributed by atoms with Crippen LogP contribution in [-0.4, -0.2) is 99.4 Å². The molecule has 0 N–H and O–H groups in total. The van der Waals surface area contributed by atoms with Gasteiger partial charge in [-0.25, -0.2) is 0 Å². The standard InChI is InChI=1S/C23H38N4O/c1-21(26-17-19-28-20-18-26)22-7-9-24(10-8-22)11-12-25-13-15-27(16-14-25)23-5-3-2-4-6-23/h2-6,21-22H,7-20H2,1H3/t21-/m0/s1. The molecule has 3 heterocycles. The number of hydrogen-bond donors (Lipinski definition) is 0. The largest absolute Gasteiger partial charge is 0.379 e. The molecule has 0 amide bonds. The van der Waals surface area contributed by atoms with Crippen LogP contribution in [0.15, 0.2) is 30.3 Å². The highest BCUT2D eigenvalue weighted by Gasteiger charge is 2.28. The number of piperazine rings is 1. The van der Waals surface area contributed by atoms with Gasteiger partial charge in [-0.05, 0) is 50.9 Å². The molecule has 0 saturated carbocycles. The van der Waals surface area contributed by atoms with Gasteiger partial charge in [0.1, 0.15) is 0 Å². The molecule has 28 heavy (non-hydrogen) atoms. The van der Waals surface area contributed by atoms with Crippen molar-refractivity contribution in [2.45, 2.75) is 25.8 Å². The lowest BCUT2D eigenvalue weighted by Gasteiger charge is -2.41. The number of nitrogens with zero attached hydrogens (tertiary/aromatic N) is 4. The minimum atomic E-state index is 0.720. The van der Waals surface area contributed by atoms with Crippen molar-refractivity contribution in [2.24, 2.45) is 5.92 Å². The molecule has 1 aromatic rings. The summed E-state index contributed by atoms with van der Waals surface area (Å²) in [6.07, 6.45) is 2.72. The maximum Gasteiger partial charge on any atom is 0.0594 e. The predicted octanol–water partition coefficient (Wildman–Crippen LogP) is 2.24. The summed E-state index contributed by atoms with van der Waals surface area (Å²) in [7, 11) is 0. The van der Waals surface area contributed by atoms with Crippen molar-refractivity contribution in [3.63, 3.8) is 0 Å². The summed E-state index contributed by atoms with van der Waals surface area (Å²) in [6.45, 7) is 16.3. The molecule has 5 nitrogen and oxygen atoms in total. The van der Waals surface area contributed by atoms with E-state index in [0.717, 1.165) is 51.4 Å². The fourth-order valence-electron chi connectivity index (χ4n) is 5.09. The summed E-state index contributed by atoms with van der Waals surface area (Å²) < 4.78 is 5.52. The van der Waals surface area contributed by atoms with Gasteiger partial charge in [0.25, 0.3) is 0 Å². The molecule has 3 fully saturated rings. The molecule has 3 saturated heterocycles. The first-order chi connectivity index (χ1) is 13.8. The van der Waals surface area contributed by atoms with E-state index >= 15 is 0 Å². The minimum absolute atomic E-state index is 0.720. The lowest BCUT2D eigenvalue weighted by atomic mass is 9.89. The van der Waals surface area contributed by atoms with Crippen LogP contribution in [-0.2, 0) is 4.74 Å². The van der Waals surface area contributed by atoms with Gasteiger partial charge in [0.15, 0.2) is 0 Å². The van der Waals surface area contributed by atoms with Crippen molar-refractivity contribution < 1.29 is 4.74 Å². The number of ether oxygens (including phenoxy) is 1. The second-order valence-corrected chi connectivity index (χ2v) is 8.73. The van der Waals surface area contributed by atoms with Gasteiger partial charge in [0.05, 0.1) is 13.2 Å². The molecule has 3 aliphatic rings. The lowest BCUT2D eigenvalue weighted by Crippen LogP contribution is -2.50. The Balaban J connectivity index is 1.13. The van der Waals surface area contributed by atoms with Gasteiger partial charge in [-0.1, -0.05) is 18.2 Å². The average Bonchev–Trinajstić information content (AvgIpc) is 2.79. The molecule has 5 heteroatoms. The maximum absolute atomic E-state index is 5.52. The van der Waals surface area contributed by atoms with Crippen LogP contribution in [0.3, 0.4) is 0 Å².